The number of hydrogen-bond acceptors (Lipinski definition) is 1. The molecule has 0 fully saturated rings. The molecule has 1 heterocycles. The van der Waals surface area contributed by atoms with E-state index >= 15 is 0 Å². The fourth-order valence-electron chi connectivity index (χ4n) is 2.56. The van der Waals surface area contributed by atoms with Crippen molar-refractivity contribution in [2.24, 2.45) is 7.05 Å². The lowest BCUT2D eigenvalue weighted by atomic mass is 10.1. The highest BCUT2D eigenvalue weighted by Crippen LogP contribution is 2.25. The molecule has 0 amide bonds. The maximum Gasteiger partial charge on any atom is 0.119 e. The van der Waals surface area contributed by atoms with Gasteiger partial charge in [-0.1, -0.05) is 29.8 Å². The molecule has 0 bridgehead atoms. The lowest BCUT2D eigenvalue weighted by Crippen LogP contribution is -1.94. The predicted molar refractivity (Wildman–Crippen MR) is 83.4 cm³/mol. The van der Waals surface area contributed by atoms with Gasteiger partial charge in [0.1, 0.15) is 12.4 Å². The van der Waals surface area contributed by atoms with Crippen LogP contribution in [0.3, 0.4) is 0 Å². The minimum Gasteiger partial charge on any atom is -0.489 e. The Hall–Kier alpha value is -1.93. The first kappa shape index (κ1) is 13.1. The molecule has 102 valence electrons. The second kappa shape index (κ2) is 5.22. The zero-order valence-electron chi connectivity index (χ0n) is 11.6. The van der Waals surface area contributed by atoms with Crippen molar-refractivity contribution in [1.82, 2.24) is 4.57 Å². The van der Waals surface area contributed by atoms with Gasteiger partial charge in [0.05, 0.1) is 5.52 Å². The molecule has 3 rings (SSSR count). The Kier molecular flexibility index (Phi) is 3.41. The summed E-state index contributed by atoms with van der Waals surface area (Å²) in [6.45, 7) is 2.69. The van der Waals surface area contributed by atoms with Gasteiger partial charge in [-0.3, -0.25) is 0 Å². The minimum absolute atomic E-state index is 0.558. The molecule has 0 unspecified atom stereocenters. The van der Waals surface area contributed by atoms with Crippen molar-refractivity contribution in [1.29, 1.82) is 0 Å². The largest absolute Gasteiger partial charge is 0.489 e. The summed E-state index contributed by atoms with van der Waals surface area (Å²) in [6, 6.07) is 13.8. The lowest BCUT2D eigenvalue weighted by Gasteiger charge is -2.05. The molecule has 20 heavy (non-hydrogen) atoms. The van der Waals surface area contributed by atoms with Gasteiger partial charge in [0.2, 0.25) is 0 Å². The SMILES string of the molecule is Cc1cccc2c(COc3ccc(Cl)cc3)cn(C)c12. The van der Waals surface area contributed by atoms with E-state index in [4.69, 9.17) is 16.3 Å². The number of halogens is 1. The van der Waals surface area contributed by atoms with Gasteiger partial charge < -0.3 is 9.30 Å². The second-order valence-corrected chi connectivity index (χ2v) is 5.42. The van der Waals surface area contributed by atoms with Gasteiger partial charge in [0.15, 0.2) is 0 Å². The smallest absolute Gasteiger partial charge is 0.119 e. The zero-order chi connectivity index (χ0) is 14.1. The van der Waals surface area contributed by atoms with Gasteiger partial charge in [0.25, 0.3) is 0 Å². The standard InChI is InChI=1S/C17H16ClNO/c1-12-4-3-5-16-13(10-19(2)17(12)16)11-20-15-8-6-14(18)7-9-15/h3-10H,11H2,1-2H3. The summed E-state index contributed by atoms with van der Waals surface area (Å²) in [5.74, 6) is 0.832. The molecule has 3 heteroatoms. The summed E-state index contributed by atoms with van der Waals surface area (Å²) < 4.78 is 7.99. The highest BCUT2D eigenvalue weighted by molar-refractivity contribution is 6.30. The van der Waals surface area contributed by atoms with Crippen LogP contribution in [0.1, 0.15) is 11.1 Å². The number of hydrogen-bond donors (Lipinski definition) is 0. The highest BCUT2D eigenvalue weighted by Gasteiger charge is 2.08. The van der Waals surface area contributed by atoms with E-state index < -0.39 is 0 Å². The van der Waals surface area contributed by atoms with Crippen LogP contribution in [0.4, 0.5) is 0 Å². The summed E-state index contributed by atoms with van der Waals surface area (Å²) in [6.07, 6.45) is 2.13. The molecule has 0 spiro atoms. The molecule has 0 atom stereocenters. The van der Waals surface area contributed by atoms with Crippen LogP contribution < -0.4 is 4.74 Å². The van der Waals surface area contributed by atoms with Gasteiger partial charge in [-0.25, -0.2) is 0 Å². The Balaban J connectivity index is 1.88. The molecule has 0 aliphatic rings. The van der Waals surface area contributed by atoms with Crippen molar-refractivity contribution in [3.8, 4) is 5.75 Å². The van der Waals surface area contributed by atoms with Crippen LogP contribution in [0.15, 0.2) is 48.7 Å². The molecule has 0 aliphatic carbocycles. The third-order valence-corrected chi connectivity index (χ3v) is 3.75. The summed E-state index contributed by atoms with van der Waals surface area (Å²) in [4.78, 5) is 0. The third-order valence-electron chi connectivity index (χ3n) is 3.49. The van der Waals surface area contributed by atoms with Crippen LogP contribution >= 0.6 is 11.6 Å². The van der Waals surface area contributed by atoms with E-state index in [0.717, 1.165) is 10.8 Å². The zero-order valence-corrected chi connectivity index (χ0v) is 12.3. The van der Waals surface area contributed by atoms with Crippen molar-refractivity contribution in [3.05, 3.63) is 64.8 Å². The Bertz CT molecular complexity index is 744. The molecule has 0 saturated carbocycles. The predicted octanol–water partition coefficient (Wildman–Crippen LogP) is 4.72. The third kappa shape index (κ3) is 2.39. The number of fused-ring (bicyclic) bond motifs is 1. The van der Waals surface area contributed by atoms with Crippen molar-refractivity contribution >= 4 is 22.5 Å². The van der Waals surface area contributed by atoms with E-state index in [-0.39, 0.29) is 0 Å². The molecule has 2 nitrogen and oxygen atoms in total. The fourth-order valence-corrected chi connectivity index (χ4v) is 2.69. The quantitative estimate of drug-likeness (QED) is 0.679. The van der Waals surface area contributed by atoms with Crippen LogP contribution in [-0.4, -0.2) is 4.57 Å². The monoisotopic (exact) mass is 285 g/mol. The molecule has 3 aromatic rings. The van der Waals surface area contributed by atoms with Crippen molar-refractivity contribution in [3.63, 3.8) is 0 Å². The number of benzene rings is 2. The maximum atomic E-state index is 5.87. The topological polar surface area (TPSA) is 14.2 Å². The lowest BCUT2D eigenvalue weighted by molar-refractivity contribution is 0.307. The number of aromatic nitrogens is 1. The Morgan fingerprint density at radius 2 is 1.85 bits per heavy atom. The summed E-state index contributed by atoms with van der Waals surface area (Å²) in [7, 11) is 2.07. The average molecular weight is 286 g/mol. The van der Waals surface area contributed by atoms with E-state index in [1.165, 1.54) is 22.0 Å². The van der Waals surface area contributed by atoms with E-state index in [9.17, 15) is 0 Å². The first-order valence-corrected chi connectivity index (χ1v) is 6.95. The van der Waals surface area contributed by atoms with Gasteiger partial charge in [-0.15, -0.1) is 0 Å². The summed E-state index contributed by atoms with van der Waals surface area (Å²) in [5.41, 5.74) is 3.74. The number of ether oxygens (including phenoxy) is 1. The van der Waals surface area contributed by atoms with Gasteiger partial charge in [-0.05, 0) is 36.8 Å². The number of para-hydroxylation sites is 1. The number of nitrogens with zero attached hydrogens (tertiary/aromatic N) is 1. The average Bonchev–Trinajstić information content (AvgIpc) is 2.76. The fraction of sp³-hybridized carbons (Fsp3) is 0.176. The summed E-state index contributed by atoms with van der Waals surface area (Å²) >= 11 is 5.87. The van der Waals surface area contributed by atoms with Crippen molar-refractivity contribution in [2.75, 3.05) is 0 Å². The maximum absolute atomic E-state index is 5.87. The Labute approximate surface area is 123 Å². The van der Waals surface area contributed by atoms with E-state index in [2.05, 4.69) is 42.9 Å². The van der Waals surface area contributed by atoms with Crippen molar-refractivity contribution in [2.45, 2.75) is 13.5 Å². The summed E-state index contributed by atoms with van der Waals surface area (Å²) in [5, 5.41) is 1.97. The van der Waals surface area contributed by atoms with Crippen LogP contribution in [0, 0.1) is 6.92 Å². The van der Waals surface area contributed by atoms with Crippen molar-refractivity contribution < 1.29 is 4.74 Å². The van der Waals surface area contributed by atoms with Gasteiger partial charge in [-0.2, -0.15) is 0 Å². The van der Waals surface area contributed by atoms with E-state index in [1.54, 1.807) is 0 Å². The molecule has 0 saturated heterocycles. The number of aryl methyl sites for hydroxylation is 2. The molecular weight excluding hydrogens is 270 g/mol. The number of rotatable bonds is 3. The van der Waals surface area contributed by atoms with Crippen LogP contribution in [0.2, 0.25) is 5.02 Å². The molecule has 2 aromatic carbocycles. The molecule has 1 aromatic heterocycles. The minimum atomic E-state index is 0.558. The second-order valence-electron chi connectivity index (χ2n) is 4.98. The van der Waals surface area contributed by atoms with Crippen LogP contribution in [0.25, 0.3) is 10.9 Å². The molecule has 0 N–H and O–H groups in total. The Morgan fingerprint density at radius 1 is 1.10 bits per heavy atom. The molecule has 0 aliphatic heterocycles. The van der Waals surface area contributed by atoms with Crippen LogP contribution in [0.5, 0.6) is 5.75 Å². The van der Waals surface area contributed by atoms with Crippen LogP contribution in [-0.2, 0) is 13.7 Å². The van der Waals surface area contributed by atoms with Gasteiger partial charge in [0, 0.05) is 29.2 Å². The first-order chi connectivity index (χ1) is 9.65. The highest BCUT2D eigenvalue weighted by atomic mass is 35.5. The Morgan fingerprint density at radius 3 is 2.60 bits per heavy atom. The van der Waals surface area contributed by atoms with Gasteiger partial charge >= 0.3 is 0 Å². The molecule has 0 radical (unpaired) electrons. The normalized spacial score (nSPS) is 10.9. The first-order valence-electron chi connectivity index (χ1n) is 6.57. The molecular formula is C17H16ClNO. The van der Waals surface area contributed by atoms with E-state index in [1.807, 2.05) is 24.3 Å². The van der Waals surface area contributed by atoms with E-state index in [0.29, 0.717) is 6.61 Å².